The Bertz CT molecular complexity index is 180. The fraction of sp³-hybridized carbons (Fsp3) is 0.778. The molecule has 0 amide bonds. The van der Waals surface area contributed by atoms with Gasteiger partial charge in [0.2, 0.25) is 0 Å². The molecule has 0 heterocycles. The number of rotatable bonds is 5. The molecule has 0 radical (unpaired) electrons. The monoisotopic (exact) mass is 218 g/mol. The fourth-order valence-corrected chi connectivity index (χ4v) is 1.10. The van der Waals surface area contributed by atoms with Crippen molar-refractivity contribution in [1.82, 2.24) is 10.6 Å². The standard InChI is InChI=1S/C9H18N2S2/c1-7(6-11-9(3)13)4-5-10-8(2)12/h7H,4-6H2,1-3H3,(H,10,12)(H,11,13). The predicted octanol–water partition coefficient (Wildman–Crippen LogP) is 1.89. The van der Waals surface area contributed by atoms with Gasteiger partial charge in [0.05, 0.1) is 9.98 Å². The second kappa shape index (κ2) is 7.21. The Labute approximate surface area is 91.5 Å². The zero-order chi connectivity index (χ0) is 10.3. The Morgan fingerprint density at radius 1 is 1.15 bits per heavy atom. The van der Waals surface area contributed by atoms with Crippen molar-refractivity contribution < 1.29 is 0 Å². The molecule has 0 saturated carbocycles. The number of thiocarbonyl (C=S) groups is 2. The van der Waals surface area contributed by atoms with Gasteiger partial charge in [-0.05, 0) is 26.2 Å². The van der Waals surface area contributed by atoms with Crippen molar-refractivity contribution in [3.8, 4) is 0 Å². The highest BCUT2D eigenvalue weighted by Gasteiger charge is 2.00. The summed E-state index contributed by atoms with van der Waals surface area (Å²) in [7, 11) is 0. The van der Waals surface area contributed by atoms with Gasteiger partial charge < -0.3 is 10.6 Å². The smallest absolute Gasteiger partial charge is 0.0721 e. The molecule has 1 unspecified atom stereocenters. The topological polar surface area (TPSA) is 24.1 Å². The summed E-state index contributed by atoms with van der Waals surface area (Å²) in [6.07, 6.45) is 1.11. The van der Waals surface area contributed by atoms with E-state index in [0.717, 1.165) is 29.5 Å². The molecular weight excluding hydrogens is 200 g/mol. The van der Waals surface area contributed by atoms with Crippen molar-refractivity contribution >= 4 is 34.4 Å². The Morgan fingerprint density at radius 3 is 2.15 bits per heavy atom. The minimum Gasteiger partial charge on any atom is -0.380 e. The van der Waals surface area contributed by atoms with Gasteiger partial charge in [0.15, 0.2) is 0 Å². The van der Waals surface area contributed by atoms with Gasteiger partial charge in [-0.15, -0.1) is 0 Å². The van der Waals surface area contributed by atoms with Crippen LogP contribution in [0.4, 0.5) is 0 Å². The minimum absolute atomic E-state index is 0.625. The summed E-state index contributed by atoms with van der Waals surface area (Å²) in [6, 6.07) is 0. The van der Waals surface area contributed by atoms with E-state index in [-0.39, 0.29) is 0 Å². The van der Waals surface area contributed by atoms with E-state index in [0.29, 0.717) is 5.92 Å². The summed E-state index contributed by atoms with van der Waals surface area (Å²) in [5.41, 5.74) is 0. The number of hydrogen-bond donors (Lipinski definition) is 2. The molecule has 2 N–H and O–H groups in total. The first-order chi connectivity index (χ1) is 6.02. The van der Waals surface area contributed by atoms with Crippen molar-refractivity contribution in [3.05, 3.63) is 0 Å². The number of nitrogens with one attached hydrogen (secondary N) is 2. The van der Waals surface area contributed by atoms with E-state index in [1.165, 1.54) is 0 Å². The molecule has 2 nitrogen and oxygen atoms in total. The molecule has 76 valence electrons. The Balaban J connectivity index is 3.35. The van der Waals surface area contributed by atoms with Crippen LogP contribution < -0.4 is 10.6 Å². The molecular formula is C9H18N2S2. The summed E-state index contributed by atoms with van der Waals surface area (Å²) in [6.45, 7) is 7.91. The van der Waals surface area contributed by atoms with E-state index < -0.39 is 0 Å². The first-order valence-electron chi connectivity index (χ1n) is 4.51. The average molecular weight is 218 g/mol. The van der Waals surface area contributed by atoms with E-state index in [2.05, 4.69) is 17.6 Å². The molecule has 1 atom stereocenters. The van der Waals surface area contributed by atoms with Crippen LogP contribution in [0.25, 0.3) is 0 Å². The molecule has 0 rings (SSSR count). The molecule has 0 bridgehead atoms. The Morgan fingerprint density at radius 2 is 1.69 bits per heavy atom. The normalized spacial score (nSPS) is 11.9. The van der Waals surface area contributed by atoms with Gasteiger partial charge in [-0.1, -0.05) is 31.4 Å². The second-order valence-electron chi connectivity index (χ2n) is 3.31. The molecule has 0 aliphatic rings. The Hall–Kier alpha value is -0.220. The molecule has 0 aromatic carbocycles. The third-order valence-corrected chi connectivity index (χ3v) is 2.00. The van der Waals surface area contributed by atoms with E-state index in [1.807, 2.05) is 13.8 Å². The lowest BCUT2D eigenvalue weighted by atomic mass is 10.1. The molecule has 13 heavy (non-hydrogen) atoms. The third kappa shape index (κ3) is 9.70. The summed E-state index contributed by atoms with van der Waals surface area (Å²) in [5, 5.41) is 6.29. The molecule has 0 aliphatic carbocycles. The van der Waals surface area contributed by atoms with E-state index >= 15 is 0 Å². The lowest BCUT2D eigenvalue weighted by molar-refractivity contribution is 0.519. The molecule has 0 aromatic rings. The van der Waals surface area contributed by atoms with Crippen molar-refractivity contribution in [2.45, 2.75) is 27.2 Å². The zero-order valence-corrected chi connectivity index (χ0v) is 10.1. The molecule has 0 aliphatic heterocycles. The fourth-order valence-electron chi connectivity index (χ4n) is 0.915. The van der Waals surface area contributed by atoms with Gasteiger partial charge in [0.25, 0.3) is 0 Å². The quantitative estimate of drug-likeness (QED) is 0.688. The van der Waals surface area contributed by atoms with Crippen LogP contribution in [-0.2, 0) is 0 Å². The molecule has 0 saturated heterocycles. The van der Waals surface area contributed by atoms with Crippen LogP contribution in [0.2, 0.25) is 0 Å². The summed E-state index contributed by atoms with van der Waals surface area (Å²) < 4.78 is 0. The lowest BCUT2D eigenvalue weighted by Crippen LogP contribution is -2.27. The van der Waals surface area contributed by atoms with Crippen molar-refractivity contribution in [3.63, 3.8) is 0 Å². The molecule has 0 spiro atoms. The summed E-state index contributed by atoms with van der Waals surface area (Å²) in [5.74, 6) is 0.625. The molecule has 0 aromatic heterocycles. The predicted molar refractivity (Wildman–Crippen MR) is 66.3 cm³/mol. The van der Waals surface area contributed by atoms with E-state index in [9.17, 15) is 0 Å². The molecule has 4 heteroatoms. The van der Waals surface area contributed by atoms with Crippen molar-refractivity contribution in [1.29, 1.82) is 0 Å². The maximum Gasteiger partial charge on any atom is 0.0721 e. The Kier molecular flexibility index (Phi) is 7.09. The summed E-state index contributed by atoms with van der Waals surface area (Å²) in [4.78, 5) is 1.73. The van der Waals surface area contributed by atoms with Crippen LogP contribution in [0, 0.1) is 5.92 Å². The third-order valence-electron chi connectivity index (χ3n) is 1.71. The van der Waals surface area contributed by atoms with Gasteiger partial charge in [-0.2, -0.15) is 0 Å². The highest BCUT2D eigenvalue weighted by Crippen LogP contribution is 1.98. The van der Waals surface area contributed by atoms with Crippen LogP contribution in [0.15, 0.2) is 0 Å². The maximum atomic E-state index is 4.92. The number of hydrogen-bond acceptors (Lipinski definition) is 2. The van der Waals surface area contributed by atoms with Gasteiger partial charge in [-0.25, -0.2) is 0 Å². The van der Waals surface area contributed by atoms with Gasteiger partial charge in [0.1, 0.15) is 0 Å². The van der Waals surface area contributed by atoms with Crippen LogP contribution in [0.5, 0.6) is 0 Å². The lowest BCUT2D eigenvalue weighted by Gasteiger charge is -2.12. The largest absolute Gasteiger partial charge is 0.380 e. The van der Waals surface area contributed by atoms with Gasteiger partial charge in [-0.3, -0.25) is 0 Å². The van der Waals surface area contributed by atoms with Crippen molar-refractivity contribution in [2.24, 2.45) is 5.92 Å². The van der Waals surface area contributed by atoms with Crippen LogP contribution >= 0.6 is 24.4 Å². The van der Waals surface area contributed by atoms with Crippen molar-refractivity contribution in [2.75, 3.05) is 13.1 Å². The van der Waals surface area contributed by atoms with E-state index in [1.54, 1.807) is 0 Å². The highest BCUT2D eigenvalue weighted by atomic mass is 32.1. The first-order valence-corrected chi connectivity index (χ1v) is 5.33. The average Bonchev–Trinajstić information content (AvgIpc) is 2.00. The maximum absolute atomic E-state index is 4.92. The van der Waals surface area contributed by atoms with Crippen LogP contribution in [-0.4, -0.2) is 23.1 Å². The highest BCUT2D eigenvalue weighted by molar-refractivity contribution is 7.80. The van der Waals surface area contributed by atoms with E-state index in [4.69, 9.17) is 24.4 Å². The van der Waals surface area contributed by atoms with Gasteiger partial charge >= 0.3 is 0 Å². The molecule has 0 fully saturated rings. The van der Waals surface area contributed by atoms with Crippen LogP contribution in [0.3, 0.4) is 0 Å². The SMILES string of the molecule is CC(=S)NCCC(C)CNC(C)=S. The first kappa shape index (κ1) is 12.8. The second-order valence-corrected chi connectivity index (χ2v) is 4.54. The minimum atomic E-state index is 0.625. The zero-order valence-electron chi connectivity index (χ0n) is 8.52. The van der Waals surface area contributed by atoms with Gasteiger partial charge in [0, 0.05) is 13.1 Å². The summed E-state index contributed by atoms with van der Waals surface area (Å²) >= 11 is 9.83. The van der Waals surface area contributed by atoms with Crippen LogP contribution in [0.1, 0.15) is 27.2 Å².